The normalized spacial score (nSPS) is 34.2. The van der Waals surface area contributed by atoms with Gasteiger partial charge in [0.25, 0.3) is 0 Å². The fraction of sp³-hybridized carbons (Fsp3) is 0.692. The smallest absolute Gasteiger partial charge is 0.328 e. The maximum atomic E-state index is 12.3. The Kier molecular flexibility index (Phi) is 4.01. The molecule has 2 aliphatic rings. The molecule has 0 saturated carbocycles. The van der Waals surface area contributed by atoms with Gasteiger partial charge in [0.2, 0.25) is 5.91 Å². The summed E-state index contributed by atoms with van der Waals surface area (Å²) in [6.45, 7) is 0. The maximum absolute atomic E-state index is 12.3. The van der Waals surface area contributed by atoms with Gasteiger partial charge in [-0.1, -0.05) is 12.2 Å². The Labute approximate surface area is 107 Å². The summed E-state index contributed by atoms with van der Waals surface area (Å²) in [6, 6.07) is -0.925. The van der Waals surface area contributed by atoms with Gasteiger partial charge in [-0.05, 0) is 32.1 Å². The molecule has 1 saturated heterocycles. The van der Waals surface area contributed by atoms with Crippen LogP contribution in [0.1, 0.15) is 32.1 Å². The number of rotatable bonds is 1. The predicted molar refractivity (Wildman–Crippen MR) is 66.6 cm³/mol. The van der Waals surface area contributed by atoms with Crippen molar-refractivity contribution in [3.8, 4) is 0 Å². The van der Waals surface area contributed by atoms with Gasteiger partial charge in [-0.2, -0.15) is 0 Å². The van der Waals surface area contributed by atoms with Gasteiger partial charge in [-0.15, -0.1) is 0 Å². The van der Waals surface area contributed by atoms with E-state index in [0.29, 0.717) is 12.8 Å². The van der Waals surface area contributed by atoms with Crippen molar-refractivity contribution in [2.45, 2.75) is 50.2 Å². The van der Waals surface area contributed by atoms with Crippen LogP contribution in [0.15, 0.2) is 12.2 Å². The van der Waals surface area contributed by atoms with Crippen LogP contribution in [0.5, 0.6) is 0 Å². The first-order valence-corrected chi connectivity index (χ1v) is 6.45. The number of methoxy groups -OCH3 is 1. The zero-order valence-corrected chi connectivity index (χ0v) is 10.7. The first kappa shape index (κ1) is 13.1. The van der Waals surface area contributed by atoms with Crippen LogP contribution in [-0.2, 0) is 14.3 Å². The minimum Gasteiger partial charge on any atom is -0.467 e. The molecule has 0 spiro atoms. The fourth-order valence-corrected chi connectivity index (χ4v) is 2.80. The second-order valence-corrected chi connectivity index (χ2v) is 4.92. The van der Waals surface area contributed by atoms with Crippen molar-refractivity contribution >= 4 is 11.9 Å². The molecule has 1 amide bonds. The third kappa shape index (κ3) is 2.41. The van der Waals surface area contributed by atoms with Gasteiger partial charge >= 0.3 is 5.97 Å². The molecular weight excluding hydrogens is 232 g/mol. The molecule has 0 aromatic heterocycles. The molecule has 1 fully saturated rings. The Balaban J connectivity index is 2.27. The van der Waals surface area contributed by atoms with E-state index in [1.807, 2.05) is 6.08 Å². The van der Waals surface area contributed by atoms with Crippen LogP contribution in [-0.4, -0.2) is 42.0 Å². The Morgan fingerprint density at radius 2 is 2.11 bits per heavy atom. The summed E-state index contributed by atoms with van der Waals surface area (Å²) in [5, 5.41) is 0. The molecule has 5 heteroatoms. The first-order valence-electron chi connectivity index (χ1n) is 6.45. The van der Waals surface area contributed by atoms with E-state index in [2.05, 4.69) is 6.08 Å². The van der Waals surface area contributed by atoms with Crippen LogP contribution in [0, 0.1) is 0 Å². The minimum atomic E-state index is -0.547. The quantitative estimate of drug-likeness (QED) is 0.547. The van der Waals surface area contributed by atoms with Crippen molar-refractivity contribution in [1.82, 2.24) is 4.90 Å². The molecule has 100 valence electrons. The summed E-state index contributed by atoms with van der Waals surface area (Å²) in [5.41, 5.74) is 5.86. The number of amides is 1. The van der Waals surface area contributed by atoms with Gasteiger partial charge in [0.1, 0.15) is 6.04 Å². The topological polar surface area (TPSA) is 72.6 Å². The summed E-state index contributed by atoms with van der Waals surface area (Å²) in [5.74, 6) is -0.454. The summed E-state index contributed by atoms with van der Waals surface area (Å²) in [4.78, 5) is 25.8. The maximum Gasteiger partial charge on any atom is 0.328 e. The summed E-state index contributed by atoms with van der Waals surface area (Å²) >= 11 is 0. The number of carbonyl (C=O) groups excluding carboxylic acids is 2. The van der Waals surface area contributed by atoms with E-state index in [4.69, 9.17) is 10.5 Å². The standard InChI is InChI=1S/C13H20N2O3/c1-18-13(17)11-8-4-6-9-5-2-3-7-10(14)12(16)15(9)11/h2-3,9-11H,4-8,14H2,1H3/b3-2-. The number of esters is 1. The Hall–Kier alpha value is -1.36. The number of nitrogens with two attached hydrogens (primary N) is 1. The molecule has 3 atom stereocenters. The Bertz CT molecular complexity index is 367. The molecule has 0 aromatic rings. The van der Waals surface area contributed by atoms with Crippen molar-refractivity contribution < 1.29 is 14.3 Å². The second kappa shape index (κ2) is 5.52. The van der Waals surface area contributed by atoms with Crippen molar-refractivity contribution in [1.29, 1.82) is 0 Å². The molecule has 3 unspecified atom stereocenters. The van der Waals surface area contributed by atoms with Crippen LogP contribution in [0.25, 0.3) is 0 Å². The SMILES string of the molecule is COC(=O)C1CCCC2C/C=C\CC(N)C(=O)N21. The Morgan fingerprint density at radius 3 is 2.83 bits per heavy atom. The van der Waals surface area contributed by atoms with E-state index < -0.39 is 12.1 Å². The lowest BCUT2D eigenvalue weighted by Gasteiger charge is -2.42. The van der Waals surface area contributed by atoms with E-state index in [9.17, 15) is 9.59 Å². The molecule has 0 aliphatic carbocycles. The van der Waals surface area contributed by atoms with E-state index >= 15 is 0 Å². The highest BCUT2D eigenvalue weighted by Crippen LogP contribution is 2.28. The third-order valence-corrected chi connectivity index (χ3v) is 3.75. The molecule has 5 nitrogen and oxygen atoms in total. The van der Waals surface area contributed by atoms with Crippen LogP contribution in [0.2, 0.25) is 0 Å². The number of nitrogens with zero attached hydrogens (tertiary/aromatic N) is 1. The number of hydrogen-bond donors (Lipinski definition) is 1. The number of piperidine rings is 1. The summed E-state index contributed by atoms with van der Waals surface area (Å²) < 4.78 is 4.80. The number of fused-ring (bicyclic) bond motifs is 1. The average molecular weight is 252 g/mol. The largest absolute Gasteiger partial charge is 0.467 e. The van der Waals surface area contributed by atoms with Crippen LogP contribution >= 0.6 is 0 Å². The molecule has 2 heterocycles. The van der Waals surface area contributed by atoms with E-state index in [0.717, 1.165) is 19.3 Å². The molecule has 18 heavy (non-hydrogen) atoms. The van der Waals surface area contributed by atoms with Gasteiger partial charge in [0.15, 0.2) is 0 Å². The lowest BCUT2D eigenvalue weighted by atomic mass is 9.91. The van der Waals surface area contributed by atoms with Crippen molar-refractivity contribution in [3.05, 3.63) is 12.2 Å². The van der Waals surface area contributed by atoms with E-state index in [1.54, 1.807) is 4.90 Å². The number of carbonyl (C=O) groups is 2. The predicted octanol–water partition coefficient (Wildman–Crippen LogP) is 0.586. The molecule has 0 radical (unpaired) electrons. The van der Waals surface area contributed by atoms with Gasteiger partial charge in [0, 0.05) is 6.04 Å². The molecule has 2 aliphatic heterocycles. The molecular formula is C13H20N2O3. The van der Waals surface area contributed by atoms with Gasteiger partial charge in [-0.3, -0.25) is 4.79 Å². The number of ether oxygens (including phenoxy) is 1. The zero-order chi connectivity index (χ0) is 13.1. The second-order valence-electron chi connectivity index (χ2n) is 4.92. The van der Waals surface area contributed by atoms with Crippen molar-refractivity contribution in [2.24, 2.45) is 5.73 Å². The van der Waals surface area contributed by atoms with Crippen LogP contribution in [0.4, 0.5) is 0 Å². The molecule has 0 aromatic carbocycles. The third-order valence-electron chi connectivity index (χ3n) is 3.75. The lowest BCUT2D eigenvalue weighted by Crippen LogP contribution is -2.58. The fourth-order valence-electron chi connectivity index (χ4n) is 2.80. The summed E-state index contributed by atoms with van der Waals surface area (Å²) in [7, 11) is 1.36. The van der Waals surface area contributed by atoms with Crippen molar-refractivity contribution in [3.63, 3.8) is 0 Å². The van der Waals surface area contributed by atoms with Crippen LogP contribution < -0.4 is 5.73 Å². The minimum absolute atomic E-state index is 0.0814. The lowest BCUT2D eigenvalue weighted by molar-refractivity contribution is -0.158. The molecule has 2 N–H and O–H groups in total. The first-order chi connectivity index (χ1) is 8.65. The zero-order valence-electron chi connectivity index (χ0n) is 10.7. The molecule has 2 rings (SSSR count). The van der Waals surface area contributed by atoms with E-state index in [1.165, 1.54) is 7.11 Å². The highest BCUT2D eigenvalue weighted by molar-refractivity contribution is 5.88. The van der Waals surface area contributed by atoms with Gasteiger partial charge in [0.05, 0.1) is 13.2 Å². The van der Waals surface area contributed by atoms with Gasteiger partial charge in [-0.25, -0.2) is 4.79 Å². The van der Waals surface area contributed by atoms with E-state index in [-0.39, 0.29) is 17.9 Å². The molecule has 0 bridgehead atoms. The Morgan fingerprint density at radius 1 is 1.39 bits per heavy atom. The van der Waals surface area contributed by atoms with Crippen molar-refractivity contribution in [2.75, 3.05) is 7.11 Å². The van der Waals surface area contributed by atoms with Gasteiger partial charge < -0.3 is 15.4 Å². The monoisotopic (exact) mass is 252 g/mol. The summed E-state index contributed by atoms with van der Waals surface area (Å²) in [6.07, 6.45) is 7.89. The number of hydrogen-bond acceptors (Lipinski definition) is 4. The van der Waals surface area contributed by atoms with Crippen LogP contribution in [0.3, 0.4) is 0 Å². The highest BCUT2D eigenvalue weighted by atomic mass is 16.5. The highest BCUT2D eigenvalue weighted by Gasteiger charge is 2.40. The average Bonchev–Trinajstić information content (AvgIpc) is 2.39.